The molecule has 0 bridgehead atoms. The third-order valence-corrected chi connectivity index (χ3v) is 4.12. The molecule has 1 unspecified atom stereocenters. The summed E-state index contributed by atoms with van der Waals surface area (Å²) in [7, 11) is 1.46. The lowest BCUT2D eigenvalue weighted by Gasteiger charge is -2.30. The highest BCUT2D eigenvalue weighted by Crippen LogP contribution is 2.30. The predicted molar refractivity (Wildman–Crippen MR) is 80.9 cm³/mol. The number of nitrogens with zero attached hydrogens (tertiary/aromatic N) is 1. The number of carbonyl (C=O) groups excluding carboxylic acids is 1. The van der Waals surface area contributed by atoms with Gasteiger partial charge in [0.15, 0.2) is 0 Å². The number of aryl methyl sites for hydroxylation is 1. The molecule has 1 saturated heterocycles. The molecule has 4 heteroatoms. The van der Waals surface area contributed by atoms with Crippen LogP contribution >= 0.6 is 0 Å². The van der Waals surface area contributed by atoms with Crippen LogP contribution in [0.3, 0.4) is 0 Å². The Morgan fingerprint density at radius 3 is 2.65 bits per heavy atom. The van der Waals surface area contributed by atoms with Crippen LogP contribution in [-0.4, -0.2) is 42.6 Å². The van der Waals surface area contributed by atoms with Crippen molar-refractivity contribution in [3.05, 3.63) is 29.8 Å². The molecular formula is C16H24N2O2. The van der Waals surface area contributed by atoms with Gasteiger partial charge in [0.2, 0.25) is 0 Å². The normalized spacial score (nSPS) is 23.1. The third-order valence-electron chi connectivity index (χ3n) is 4.12. The zero-order valence-electron chi connectivity index (χ0n) is 12.8. The van der Waals surface area contributed by atoms with Gasteiger partial charge < -0.3 is 10.1 Å². The summed E-state index contributed by atoms with van der Waals surface area (Å²) in [4.78, 5) is 14.6. The number of para-hydroxylation sites is 1. The van der Waals surface area contributed by atoms with Crippen LogP contribution < -0.4 is 5.32 Å². The van der Waals surface area contributed by atoms with E-state index >= 15 is 0 Å². The maximum absolute atomic E-state index is 12.3. The first-order valence-corrected chi connectivity index (χ1v) is 7.15. The quantitative estimate of drug-likeness (QED) is 0.858. The van der Waals surface area contributed by atoms with Crippen LogP contribution in [0.4, 0.5) is 5.69 Å². The lowest BCUT2D eigenvalue weighted by atomic mass is 9.97. The summed E-state index contributed by atoms with van der Waals surface area (Å²) in [6.07, 6.45) is 0.770. The summed E-state index contributed by atoms with van der Waals surface area (Å²) in [5.41, 5.74) is 1.51. The highest BCUT2D eigenvalue weighted by molar-refractivity contribution is 5.85. The first kappa shape index (κ1) is 14.9. The van der Waals surface area contributed by atoms with Crippen molar-refractivity contribution in [1.82, 2.24) is 4.90 Å². The predicted octanol–water partition coefficient (Wildman–Crippen LogP) is 2.43. The van der Waals surface area contributed by atoms with Crippen LogP contribution in [0.15, 0.2) is 24.3 Å². The number of ether oxygens (including phenoxy) is 1. The summed E-state index contributed by atoms with van der Waals surface area (Å²) in [5, 5.41) is 3.44. The van der Waals surface area contributed by atoms with Crippen LogP contribution in [0.25, 0.3) is 0 Å². The molecule has 1 aliphatic heterocycles. The number of hydrogen-bond donors (Lipinski definition) is 1. The van der Waals surface area contributed by atoms with Crippen LogP contribution in [0.1, 0.15) is 25.8 Å². The Bertz CT molecular complexity index is 487. The summed E-state index contributed by atoms with van der Waals surface area (Å²) in [5.74, 6) is -0.177. The summed E-state index contributed by atoms with van der Waals surface area (Å²) >= 11 is 0. The summed E-state index contributed by atoms with van der Waals surface area (Å²) in [6, 6.07) is 8.47. The van der Waals surface area contributed by atoms with E-state index in [2.05, 4.69) is 24.1 Å². The molecule has 1 atom stereocenters. The molecule has 1 N–H and O–H groups in total. The monoisotopic (exact) mass is 276 g/mol. The fourth-order valence-electron chi connectivity index (χ4n) is 2.77. The van der Waals surface area contributed by atoms with Gasteiger partial charge in [-0.25, -0.2) is 4.79 Å². The van der Waals surface area contributed by atoms with E-state index in [0.29, 0.717) is 12.6 Å². The minimum absolute atomic E-state index is 0.177. The van der Waals surface area contributed by atoms with Crippen molar-refractivity contribution in [3.8, 4) is 0 Å². The van der Waals surface area contributed by atoms with E-state index < -0.39 is 5.54 Å². The fraction of sp³-hybridized carbons (Fsp3) is 0.562. The summed E-state index contributed by atoms with van der Waals surface area (Å²) < 4.78 is 5.05. The lowest BCUT2D eigenvalue weighted by molar-refractivity contribution is -0.145. The number of carbonyl (C=O) groups is 1. The van der Waals surface area contributed by atoms with Crippen molar-refractivity contribution in [1.29, 1.82) is 0 Å². The van der Waals surface area contributed by atoms with Gasteiger partial charge >= 0.3 is 5.97 Å². The van der Waals surface area contributed by atoms with Gasteiger partial charge in [0.25, 0.3) is 0 Å². The lowest BCUT2D eigenvalue weighted by Crippen LogP contribution is -2.50. The van der Waals surface area contributed by atoms with Gasteiger partial charge in [-0.1, -0.05) is 18.2 Å². The van der Waals surface area contributed by atoms with E-state index in [-0.39, 0.29) is 5.97 Å². The van der Waals surface area contributed by atoms with Crippen molar-refractivity contribution in [3.63, 3.8) is 0 Å². The van der Waals surface area contributed by atoms with Gasteiger partial charge in [-0.05, 0) is 38.8 Å². The second-order valence-electron chi connectivity index (χ2n) is 5.83. The van der Waals surface area contributed by atoms with E-state index in [1.807, 2.05) is 31.2 Å². The van der Waals surface area contributed by atoms with Gasteiger partial charge in [0.05, 0.1) is 7.11 Å². The molecule has 1 aliphatic rings. The molecule has 0 aromatic heterocycles. The van der Waals surface area contributed by atoms with Crippen molar-refractivity contribution in [2.75, 3.05) is 25.5 Å². The number of hydrogen-bond acceptors (Lipinski definition) is 4. The molecule has 4 nitrogen and oxygen atoms in total. The van der Waals surface area contributed by atoms with E-state index in [1.165, 1.54) is 7.11 Å². The Morgan fingerprint density at radius 2 is 2.10 bits per heavy atom. The van der Waals surface area contributed by atoms with Gasteiger partial charge in [0.1, 0.15) is 5.54 Å². The Balaban J connectivity index is 2.26. The van der Waals surface area contributed by atoms with Crippen LogP contribution in [-0.2, 0) is 9.53 Å². The Hall–Kier alpha value is -1.55. The topological polar surface area (TPSA) is 41.6 Å². The van der Waals surface area contributed by atoms with Gasteiger partial charge in [0, 0.05) is 24.8 Å². The average molecular weight is 276 g/mol. The molecule has 0 aliphatic carbocycles. The molecule has 0 radical (unpaired) electrons. The van der Waals surface area contributed by atoms with Crippen LogP contribution in [0.2, 0.25) is 0 Å². The Labute approximate surface area is 121 Å². The molecular weight excluding hydrogens is 252 g/mol. The van der Waals surface area contributed by atoms with Crippen molar-refractivity contribution >= 4 is 11.7 Å². The first-order valence-electron chi connectivity index (χ1n) is 7.15. The van der Waals surface area contributed by atoms with Crippen LogP contribution in [0.5, 0.6) is 0 Å². The zero-order chi connectivity index (χ0) is 14.8. The zero-order valence-corrected chi connectivity index (χ0v) is 12.8. The molecule has 110 valence electrons. The number of nitrogens with one attached hydrogen (secondary N) is 1. The average Bonchev–Trinajstić information content (AvgIpc) is 2.86. The first-order chi connectivity index (χ1) is 9.48. The van der Waals surface area contributed by atoms with Gasteiger partial charge in [-0.15, -0.1) is 0 Å². The fourth-order valence-corrected chi connectivity index (χ4v) is 2.77. The molecule has 0 amide bonds. The number of esters is 1. The molecule has 1 aromatic carbocycles. The van der Waals surface area contributed by atoms with Crippen LogP contribution in [0, 0.1) is 6.92 Å². The number of anilines is 1. The highest BCUT2D eigenvalue weighted by atomic mass is 16.5. The highest BCUT2D eigenvalue weighted by Gasteiger charge is 2.46. The second kappa shape index (κ2) is 5.83. The van der Waals surface area contributed by atoms with Gasteiger partial charge in [-0.2, -0.15) is 0 Å². The van der Waals surface area contributed by atoms with Crippen molar-refractivity contribution in [2.24, 2.45) is 0 Å². The number of rotatable bonds is 4. The standard InChI is InChI=1S/C16H24N2O2/c1-12(2)18-10-9-16(11-18,15(19)20-4)17-14-8-6-5-7-13(14)3/h5-8,12,17H,9-11H2,1-4H3. The second-order valence-corrected chi connectivity index (χ2v) is 5.83. The smallest absolute Gasteiger partial charge is 0.332 e. The number of benzene rings is 1. The van der Waals surface area contributed by atoms with Crippen molar-refractivity contribution < 1.29 is 9.53 Å². The van der Waals surface area contributed by atoms with E-state index in [4.69, 9.17) is 4.74 Å². The van der Waals surface area contributed by atoms with E-state index in [0.717, 1.165) is 24.2 Å². The number of likely N-dealkylation sites (tertiary alicyclic amines) is 1. The molecule has 0 spiro atoms. The Kier molecular flexibility index (Phi) is 4.33. The van der Waals surface area contributed by atoms with Crippen molar-refractivity contribution in [2.45, 2.75) is 38.8 Å². The largest absolute Gasteiger partial charge is 0.467 e. The maximum Gasteiger partial charge on any atom is 0.332 e. The molecule has 1 aromatic rings. The maximum atomic E-state index is 12.3. The van der Waals surface area contributed by atoms with Gasteiger partial charge in [-0.3, -0.25) is 4.90 Å². The summed E-state index contributed by atoms with van der Waals surface area (Å²) in [6.45, 7) is 7.95. The minimum Gasteiger partial charge on any atom is -0.467 e. The molecule has 1 fully saturated rings. The third kappa shape index (κ3) is 2.80. The SMILES string of the molecule is COC(=O)C1(Nc2ccccc2C)CCN(C(C)C)C1. The molecule has 1 heterocycles. The number of methoxy groups -OCH3 is 1. The van der Waals surface area contributed by atoms with E-state index in [9.17, 15) is 4.79 Å². The molecule has 20 heavy (non-hydrogen) atoms. The minimum atomic E-state index is -0.634. The van der Waals surface area contributed by atoms with E-state index in [1.54, 1.807) is 0 Å². The molecule has 2 rings (SSSR count). The molecule has 0 saturated carbocycles. The Morgan fingerprint density at radius 1 is 1.40 bits per heavy atom.